The molecule has 1 aliphatic rings. The second kappa shape index (κ2) is 14.7. The van der Waals surface area contributed by atoms with Gasteiger partial charge in [0.25, 0.3) is 0 Å². The number of carbonyl (C=O) groups excluding carboxylic acids is 1. The minimum atomic E-state index is -3.98. The molecule has 1 saturated heterocycles. The Bertz CT molecular complexity index is 1670. The summed E-state index contributed by atoms with van der Waals surface area (Å²) in [6.45, 7) is 5.78. The number of ether oxygens (including phenoxy) is 1. The average molecular weight is 722 g/mol. The van der Waals surface area contributed by atoms with Crippen LogP contribution in [0.25, 0.3) is 27.6 Å². The zero-order chi connectivity index (χ0) is 31.4. The van der Waals surface area contributed by atoms with Gasteiger partial charge in [-0.1, -0.05) is 7.96 Å². The minimum Gasteiger partial charge on any atom is -0.443 e. The highest BCUT2D eigenvalue weighted by Gasteiger charge is 2.41. The summed E-state index contributed by atoms with van der Waals surface area (Å²) in [6, 6.07) is 7.86. The van der Waals surface area contributed by atoms with Crippen LogP contribution in [-0.2, 0) is 14.9 Å². The van der Waals surface area contributed by atoms with E-state index < -0.39 is 21.9 Å². The smallest absolute Gasteiger partial charge is 0.425 e. The number of nitrogens with zero attached hydrogens (tertiary/aromatic N) is 6. The van der Waals surface area contributed by atoms with Crippen molar-refractivity contribution in [1.82, 2.24) is 28.0 Å². The number of rotatable bonds is 7. The van der Waals surface area contributed by atoms with Crippen LogP contribution >= 0.6 is 53.1 Å². The van der Waals surface area contributed by atoms with Crippen LogP contribution in [0.1, 0.15) is 20.8 Å². The second-order valence-corrected chi connectivity index (χ2v) is 26.7. The van der Waals surface area contributed by atoms with Crippen LogP contribution < -0.4 is 5.32 Å². The number of thiazole rings is 1. The van der Waals surface area contributed by atoms with Crippen LogP contribution in [0.5, 0.6) is 0 Å². The van der Waals surface area contributed by atoms with E-state index in [4.69, 9.17) is 9.72 Å². The molecule has 4 unspecified atom stereocenters. The number of anilines is 1. The molecule has 19 heteroatoms. The molecule has 4 atom stereocenters. The topological polar surface area (TPSA) is 122 Å². The van der Waals surface area contributed by atoms with Crippen molar-refractivity contribution in [3.8, 4) is 22.6 Å². The van der Waals surface area contributed by atoms with Gasteiger partial charge in [0.05, 0.1) is 17.9 Å². The number of aromatic nitrogens is 4. The van der Waals surface area contributed by atoms with E-state index in [2.05, 4.69) is 42.1 Å². The van der Waals surface area contributed by atoms with Crippen LogP contribution in [0.4, 0.5) is 15.1 Å². The summed E-state index contributed by atoms with van der Waals surface area (Å²) in [5.74, 6) is -0.0302. The van der Waals surface area contributed by atoms with Gasteiger partial charge in [-0.2, -0.15) is 17.0 Å². The van der Waals surface area contributed by atoms with Gasteiger partial charge in [0.15, 0.2) is 4.96 Å². The van der Waals surface area contributed by atoms with Gasteiger partial charge in [-0.25, -0.2) is 24.1 Å². The summed E-state index contributed by atoms with van der Waals surface area (Å²) < 4.78 is 48.3. The number of benzene rings is 1. The number of hydrogen-bond acceptors (Lipinski definition) is 9. The van der Waals surface area contributed by atoms with Crippen LogP contribution in [0.2, 0.25) is 0 Å². The van der Waals surface area contributed by atoms with Gasteiger partial charge >= 0.3 is 16.3 Å². The first-order chi connectivity index (χ1) is 20.3. The predicted octanol–water partition coefficient (Wildman–Crippen LogP) is 6.30. The Hall–Kier alpha value is -1.47. The Morgan fingerprint density at radius 2 is 1.88 bits per heavy atom. The third-order valence-corrected chi connectivity index (χ3v) is 20.4. The number of imidazole rings is 1. The molecule has 232 valence electrons. The fourth-order valence-corrected chi connectivity index (χ4v) is 6.17. The molecule has 5 rings (SSSR count). The SMILES string of the molecule is CC(C)(C)OC(=O)N1CCN(CCNc2nccc(-c3c(-c4ccc(F)cc4)nc4sccn34)n2)S1(=O)=O.PPP(P)P. The maximum atomic E-state index is 13.5. The van der Waals surface area contributed by atoms with Crippen molar-refractivity contribution in [2.45, 2.75) is 26.4 Å². The highest BCUT2D eigenvalue weighted by Crippen LogP contribution is 2.71. The standard InChI is InChI=1S/C24H26FN7O4S2.H7P5/c1-24(2,3)36-23(33)32-13-12-30(38(32,34)35)11-10-27-21-26-9-8-18(28-21)20-19(16-4-6-17(25)7-5-16)29-22-31(20)14-15-37-22;1-4-5(2)3/h4-9,14-15H,10-13H2,1-3H3,(H,26,27,28);4H,1-3H2. The zero-order valence-electron chi connectivity index (χ0n) is 23.6. The first kappa shape index (κ1) is 34.4. The van der Waals surface area contributed by atoms with Gasteiger partial charge in [-0.15, -0.1) is 38.1 Å². The summed E-state index contributed by atoms with van der Waals surface area (Å²) >= 11 is 1.47. The van der Waals surface area contributed by atoms with Gasteiger partial charge in [0.1, 0.15) is 17.1 Å². The van der Waals surface area contributed by atoms with Crippen LogP contribution in [-0.4, -0.2) is 74.3 Å². The lowest BCUT2D eigenvalue weighted by Crippen LogP contribution is -2.41. The fourth-order valence-electron chi connectivity index (χ4n) is 4.01. The first-order valence-corrected chi connectivity index (χ1v) is 23.4. The maximum absolute atomic E-state index is 13.5. The number of fused-ring (bicyclic) bond motifs is 1. The Morgan fingerprint density at radius 3 is 2.53 bits per heavy atom. The van der Waals surface area contributed by atoms with E-state index in [-0.39, 0.29) is 39.0 Å². The van der Waals surface area contributed by atoms with Gasteiger partial charge < -0.3 is 10.1 Å². The number of halogens is 1. The molecule has 4 aromatic rings. The molecule has 1 amide bonds. The van der Waals surface area contributed by atoms with Gasteiger partial charge in [-0.05, 0) is 58.1 Å². The third-order valence-electron chi connectivity index (χ3n) is 5.83. The molecule has 0 aliphatic carbocycles. The normalized spacial score (nSPS) is 15.3. The van der Waals surface area contributed by atoms with E-state index in [0.717, 1.165) is 28.5 Å². The number of hydrogen-bond donors (Lipinski definition) is 1. The summed E-state index contributed by atoms with van der Waals surface area (Å²) in [4.78, 5) is 26.7. The highest BCUT2D eigenvalue weighted by atomic mass is 32.8. The Balaban J connectivity index is 0.000000782. The zero-order valence-corrected chi connectivity index (χ0v) is 30.6. The summed E-state index contributed by atoms with van der Waals surface area (Å²) in [5.41, 5.74) is 1.93. The molecule has 4 heterocycles. The largest absolute Gasteiger partial charge is 0.443 e. The van der Waals surface area contributed by atoms with Crippen molar-refractivity contribution >= 4 is 80.3 Å². The quantitative estimate of drug-likeness (QED) is 0.221. The monoisotopic (exact) mass is 721 g/mol. The van der Waals surface area contributed by atoms with Crippen molar-refractivity contribution in [2.75, 3.05) is 31.5 Å². The van der Waals surface area contributed by atoms with Crippen LogP contribution in [0.3, 0.4) is 0 Å². The number of amides is 1. The lowest BCUT2D eigenvalue weighted by Gasteiger charge is -2.24. The fraction of sp³-hybridized carbons (Fsp3) is 0.333. The van der Waals surface area contributed by atoms with E-state index in [9.17, 15) is 17.6 Å². The van der Waals surface area contributed by atoms with Gasteiger partial charge in [-0.3, -0.25) is 4.40 Å². The summed E-state index contributed by atoms with van der Waals surface area (Å²) in [7, 11) is 5.26. The molecule has 0 bridgehead atoms. The molecule has 1 N–H and O–H groups in total. The van der Waals surface area contributed by atoms with Crippen molar-refractivity contribution < 1.29 is 22.3 Å². The maximum Gasteiger partial charge on any atom is 0.425 e. The van der Waals surface area contributed by atoms with E-state index in [1.807, 2.05) is 16.0 Å². The van der Waals surface area contributed by atoms with Crippen molar-refractivity contribution in [2.24, 2.45) is 0 Å². The molecular formula is C24H33FN7O4P5S2. The Kier molecular flexibility index (Phi) is 11.8. The minimum absolute atomic E-state index is 0.0211. The molecule has 43 heavy (non-hydrogen) atoms. The predicted molar refractivity (Wildman–Crippen MR) is 186 cm³/mol. The van der Waals surface area contributed by atoms with Gasteiger partial charge in [0.2, 0.25) is 5.95 Å². The van der Waals surface area contributed by atoms with E-state index >= 15 is 0 Å². The number of nitrogens with one attached hydrogen (secondary N) is 1. The van der Waals surface area contributed by atoms with Gasteiger partial charge in [0, 0.05) is 43.0 Å². The first-order valence-electron chi connectivity index (χ1n) is 12.9. The molecule has 1 fully saturated rings. The Morgan fingerprint density at radius 1 is 1.19 bits per heavy atom. The summed E-state index contributed by atoms with van der Waals surface area (Å²) in [6.07, 6.45) is 2.60. The van der Waals surface area contributed by atoms with E-state index in [1.54, 1.807) is 45.2 Å². The highest BCUT2D eigenvalue weighted by molar-refractivity contribution is 8.77. The molecule has 1 aliphatic heterocycles. The third kappa shape index (κ3) is 8.83. The molecule has 0 spiro atoms. The van der Waals surface area contributed by atoms with Crippen molar-refractivity contribution in [1.29, 1.82) is 0 Å². The molecule has 11 nitrogen and oxygen atoms in total. The van der Waals surface area contributed by atoms with Crippen molar-refractivity contribution in [3.63, 3.8) is 0 Å². The molecule has 1 aromatic carbocycles. The van der Waals surface area contributed by atoms with E-state index in [1.165, 1.54) is 27.8 Å². The molecular weight excluding hydrogens is 688 g/mol. The van der Waals surface area contributed by atoms with Crippen LogP contribution in [0.15, 0.2) is 48.1 Å². The molecule has 0 saturated carbocycles. The lowest BCUT2D eigenvalue weighted by molar-refractivity contribution is 0.0405. The van der Waals surface area contributed by atoms with E-state index in [0.29, 0.717) is 17.3 Å². The summed E-state index contributed by atoms with van der Waals surface area (Å²) in [5, 5.41) is 4.98. The van der Waals surface area contributed by atoms with Crippen molar-refractivity contribution in [3.05, 3.63) is 53.9 Å². The second-order valence-electron chi connectivity index (χ2n) is 10.1. The van der Waals surface area contributed by atoms with Crippen LogP contribution in [0, 0.1) is 5.82 Å². The molecule has 0 radical (unpaired) electrons. The molecule has 3 aromatic heterocycles. The number of carbonyl (C=O) groups is 1. The average Bonchev–Trinajstić information content (AvgIpc) is 3.61. The Labute approximate surface area is 264 Å². The lowest BCUT2D eigenvalue weighted by atomic mass is 10.1.